The number of ether oxygens (including phenoxy) is 3. The molecule has 1 fully saturated rings. The lowest BCUT2D eigenvalue weighted by atomic mass is 10.2. The Morgan fingerprint density at radius 3 is 2.42 bits per heavy atom. The van der Waals surface area contributed by atoms with Crippen LogP contribution in [0.2, 0.25) is 0 Å². The van der Waals surface area contributed by atoms with Gasteiger partial charge in [0, 0.05) is 23.7 Å². The Morgan fingerprint density at radius 1 is 1.23 bits per heavy atom. The summed E-state index contributed by atoms with van der Waals surface area (Å²) in [5, 5.41) is 11.5. The molecule has 1 heterocycles. The maximum atomic E-state index is 12.3. The largest absolute Gasteiger partial charge is 0.493 e. The van der Waals surface area contributed by atoms with Crippen LogP contribution in [0.3, 0.4) is 0 Å². The maximum absolute atomic E-state index is 12.3. The molecule has 1 aromatic carbocycles. The molecule has 10 heteroatoms. The first-order valence-electron chi connectivity index (χ1n) is 8.00. The molecule has 0 saturated heterocycles. The predicted octanol–water partition coefficient (Wildman–Crippen LogP) is 1.63. The Bertz CT molecular complexity index is 781. The van der Waals surface area contributed by atoms with Crippen molar-refractivity contribution in [3.63, 3.8) is 0 Å². The molecule has 0 bridgehead atoms. The van der Waals surface area contributed by atoms with E-state index in [2.05, 4.69) is 15.5 Å². The van der Waals surface area contributed by atoms with E-state index >= 15 is 0 Å². The quantitative estimate of drug-likeness (QED) is 0.525. The van der Waals surface area contributed by atoms with Gasteiger partial charge in [-0.3, -0.25) is 4.79 Å². The van der Waals surface area contributed by atoms with Crippen molar-refractivity contribution in [1.82, 2.24) is 14.9 Å². The molecular formula is C16H21N5O4S. The van der Waals surface area contributed by atoms with Gasteiger partial charge >= 0.3 is 0 Å². The molecule has 1 aliphatic carbocycles. The summed E-state index contributed by atoms with van der Waals surface area (Å²) >= 11 is 1.23. The molecule has 140 valence electrons. The number of aromatic nitrogens is 3. The number of methoxy groups -OCH3 is 3. The smallest absolute Gasteiger partial charge is 0.234 e. The summed E-state index contributed by atoms with van der Waals surface area (Å²) in [5.74, 6) is 8.49. The fourth-order valence-electron chi connectivity index (χ4n) is 2.49. The van der Waals surface area contributed by atoms with E-state index < -0.39 is 0 Å². The Balaban J connectivity index is 1.64. The number of benzene rings is 1. The first-order valence-corrected chi connectivity index (χ1v) is 8.99. The molecule has 1 amide bonds. The van der Waals surface area contributed by atoms with Crippen molar-refractivity contribution in [3.8, 4) is 17.2 Å². The lowest BCUT2D eigenvalue weighted by molar-refractivity contribution is -0.113. The van der Waals surface area contributed by atoms with Crippen LogP contribution in [0.15, 0.2) is 17.3 Å². The van der Waals surface area contributed by atoms with Gasteiger partial charge in [0.15, 0.2) is 17.3 Å². The monoisotopic (exact) mass is 379 g/mol. The number of amides is 1. The fraction of sp³-hybridized carbons (Fsp3) is 0.438. The Hall–Kier alpha value is -2.62. The van der Waals surface area contributed by atoms with E-state index in [1.54, 1.807) is 12.1 Å². The Labute approximate surface area is 155 Å². The minimum Gasteiger partial charge on any atom is -0.493 e. The van der Waals surface area contributed by atoms with Gasteiger partial charge in [-0.15, -0.1) is 10.2 Å². The van der Waals surface area contributed by atoms with Gasteiger partial charge < -0.3 is 25.4 Å². The number of carbonyl (C=O) groups excluding carboxylic acids is 1. The van der Waals surface area contributed by atoms with Crippen LogP contribution in [-0.4, -0.2) is 47.9 Å². The van der Waals surface area contributed by atoms with Gasteiger partial charge in [-0.05, 0) is 12.8 Å². The van der Waals surface area contributed by atoms with Crippen molar-refractivity contribution in [2.45, 2.75) is 23.9 Å². The van der Waals surface area contributed by atoms with E-state index in [1.807, 2.05) is 0 Å². The number of rotatable bonds is 8. The van der Waals surface area contributed by atoms with E-state index in [4.69, 9.17) is 20.1 Å². The van der Waals surface area contributed by atoms with Crippen LogP contribution in [0, 0.1) is 0 Å². The number of nitrogens with one attached hydrogen (secondary N) is 1. The number of anilines is 1. The zero-order chi connectivity index (χ0) is 18.7. The Kier molecular flexibility index (Phi) is 5.40. The standard InChI is InChI=1S/C16H21N5O4S/c1-23-11-6-10(7-12(24-2)14(11)25-3)18-13(22)8-26-16-20-19-15(21(16)17)9-4-5-9/h6-7,9H,4-5,8,17H2,1-3H3,(H,18,22). The minimum absolute atomic E-state index is 0.149. The second-order valence-corrected chi connectivity index (χ2v) is 6.68. The summed E-state index contributed by atoms with van der Waals surface area (Å²) in [5.41, 5.74) is 0.540. The van der Waals surface area contributed by atoms with E-state index in [0.29, 0.717) is 34.0 Å². The molecule has 3 N–H and O–H groups in total. The predicted molar refractivity (Wildman–Crippen MR) is 97.6 cm³/mol. The third-order valence-electron chi connectivity index (χ3n) is 3.91. The average Bonchev–Trinajstić information content (AvgIpc) is 3.42. The van der Waals surface area contributed by atoms with Crippen LogP contribution < -0.4 is 25.4 Å². The zero-order valence-electron chi connectivity index (χ0n) is 14.8. The average molecular weight is 379 g/mol. The van der Waals surface area contributed by atoms with Crippen molar-refractivity contribution in [2.75, 3.05) is 38.2 Å². The molecule has 3 rings (SSSR count). The van der Waals surface area contributed by atoms with Gasteiger partial charge in [-0.2, -0.15) is 0 Å². The number of nitrogen functional groups attached to an aromatic ring is 1. The molecule has 0 unspecified atom stereocenters. The van der Waals surface area contributed by atoms with Crippen molar-refractivity contribution in [1.29, 1.82) is 0 Å². The van der Waals surface area contributed by atoms with Gasteiger partial charge in [-0.25, -0.2) is 4.68 Å². The zero-order valence-corrected chi connectivity index (χ0v) is 15.6. The van der Waals surface area contributed by atoms with Gasteiger partial charge in [0.05, 0.1) is 27.1 Å². The number of carbonyl (C=O) groups is 1. The first kappa shape index (κ1) is 18.2. The maximum Gasteiger partial charge on any atom is 0.234 e. The number of hydrogen-bond donors (Lipinski definition) is 2. The Morgan fingerprint density at radius 2 is 1.88 bits per heavy atom. The van der Waals surface area contributed by atoms with Crippen molar-refractivity contribution < 1.29 is 19.0 Å². The lowest BCUT2D eigenvalue weighted by Gasteiger charge is -2.14. The second-order valence-electron chi connectivity index (χ2n) is 5.74. The topological polar surface area (TPSA) is 114 Å². The SMILES string of the molecule is COc1cc(NC(=O)CSc2nnc(C3CC3)n2N)cc(OC)c1OC. The lowest BCUT2D eigenvalue weighted by Crippen LogP contribution is -2.17. The molecule has 26 heavy (non-hydrogen) atoms. The van der Waals surface area contributed by atoms with Gasteiger partial charge in [0.1, 0.15) is 0 Å². The first-order chi connectivity index (χ1) is 12.6. The highest BCUT2D eigenvalue weighted by Gasteiger charge is 2.30. The molecule has 1 saturated carbocycles. The van der Waals surface area contributed by atoms with E-state index in [-0.39, 0.29) is 11.7 Å². The fourth-order valence-corrected chi connectivity index (χ4v) is 3.15. The minimum atomic E-state index is -0.208. The number of nitrogens with two attached hydrogens (primary N) is 1. The van der Waals surface area contributed by atoms with Crippen molar-refractivity contribution in [3.05, 3.63) is 18.0 Å². The van der Waals surface area contributed by atoms with Crippen molar-refractivity contribution >= 4 is 23.4 Å². The van der Waals surface area contributed by atoms with Crippen molar-refractivity contribution in [2.24, 2.45) is 0 Å². The highest BCUT2D eigenvalue weighted by Crippen LogP contribution is 2.40. The highest BCUT2D eigenvalue weighted by molar-refractivity contribution is 7.99. The van der Waals surface area contributed by atoms with E-state index in [0.717, 1.165) is 18.7 Å². The number of thioether (sulfide) groups is 1. The molecule has 0 atom stereocenters. The van der Waals surface area contributed by atoms with E-state index in [9.17, 15) is 4.79 Å². The summed E-state index contributed by atoms with van der Waals surface area (Å²) in [6, 6.07) is 3.33. The number of hydrogen-bond acceptors (Lipinski definition) is 8. The molecule has 0 spiro atoms. The summed E-state index contributed by atoms with van der Waals surface area (Å²) in [7, 11) is 4.56. The molecule has 1 aliphatic rings. The van der Waals surface area contributed by atoms with Crippen LogP contribution in [-0.2, 0) is 4.79 Å². The molecule has 0 aliphatic heterocycles. The third-order valence-corrected chi connectivity index (χ3v) is 4.86. The van der Waals surface area contributed by atoms with Crippen LogP contribution in [0.5, 0.6) is 17.2 Å². The normalized spacial score (nSPS) is 13.3. The summed E-state index contributed by atoms with van der Waals surface area (Å²) in [4.78, 5) is 12.3. The molecular weight excluding hydrogens is 358 g/mol. The molecule has 0 radical (unpaired) electrons. The van der Waals surface area contributed by atoms with Crippen LogP contribution >= 0.6 is 11.8 Å². The molecule has 9 nitrogen and oxygen atoms in total. The second kappa shape index (κ2) is 7.73. The van der Waals surface area contributed by atoms with Gasteiger partial charge in [-0.1, -0.05) is 11.8 Å². The summed E-state index contributed by atoms with van der Waals surface area (Å²) < 4.78 is 17.3. The summed E-state index contributed by atoms with van der Waals surface area (Å²) in [6.07, 6.45) is 2.17. The van der Waals surface area contributed by atoms with Crippen LogP contribution in [0.4, 0.5) is 5.69 Å². The third kappa shape index (κ3) is 3.79. The molecule has 1 aromatic heterocycles. The number of nitrogens with zero attached hydrogens (tertiary/aromatic N) is 3. The van der Waals surface area contributed by atoms with E-state index in [1.165, 1.54) is 37.8 Å². The van der Waals surface area contributed by atoms with Crippen LogP contribution in [0.1, 0.15) is 24.6 Å². The van der Waals surface area contributed by atoms with Gasteiger partial charge in [0.2, 0.25) is 16.8 Å². The molecule has 2 aromatic rings. The van der Waals surface area contributed by atoms with Crippen LogP contribution in [0.25, 0.3) is 0 Å². The summed E-state index contributed by atoms with van der Waals surface area (Å²) in [6.45, 7) is 0. The van der Waals surface area contributed by atoms with Gasteiger partial charge in [0.25, 0.3) is 0 Å². The highest BCUT2D eigenvalue weighted by atomic mass is 32.2.